The summed E-state index contributed by atoms with van der Waals surface area (Å²) in [4.78, 5) is 16.6. The second-order valence-corrected chi connectivity index (χ2v) is 27.0. The van der Waals surface area contributed by atoms with Crippen molar-refractivity contribution in [3.63, 3.8) is 0 Å². The van der Waals surface area contributed by atoms with Crippen molar-refractivity contribution >= 4 is 95.2 Å². The Morgan fingerprint density at radius 2 is 1.21 bits per heavy atom. The van der Waals surface area contributed by atoms with Gasteiger partial charge in [-0.3, -0.25) is 22.8 Å². The monoisotopic (exact) mass is 1230 g/mol. The summed E-state index contributed by atoms with van der Waals surface area (Å²) in [5, 5.41) is 19.8. The van der Waals surface area contributed by atoms with Crippen LogP contribution in [-0.4, -0.2) is 155 Å². The average molecular weight is 1230 g/mol. The molecule has 440 valence electrons. The molecule has 0 spiro atoms. The first-order valence-corrected chi connectivity index (χ1v) is 32.0. The van der Waals surface area contributed by atoms with Crippen molar-refractivity contribution in [2.75, 3.05) is 63.9 Å². The first kappa shape index (κ1) is 62.5. The zero-order valence-electron chi connectivity index (χ0n) is 44.2. The van der Waals surface area contributed by atoms with Gasteiger partial charge in [-0.25, -0.2) is 4.79 Å². The minimum atomic E-state index is -5.16. The topological polar surface area (TPSA) is 377 Å². The van der Waals surface area contributed by atoms with E-state index in [2.05, 4.69) is 0 Å². The van der Waals surface area contributed by atoms with Gasteiger partial charge >= 0.3 is 5.97 Å². The normalized spacial score (nSPS) is 17.5. The fourth-order valence-corrected chi connectivity index (χ4v) is 13.5. The van der Waals surface area contributed by atoms with Crippen LogP contribution in [0.1, 0.15) is 64.5 Å². The Hall–Kier alpha value is -6.13. The van der Waals surface area contributed by atoms with Gasteiger partial charge in [-0.05, 0) is 99.3 Å². The van der Waals surface area contributed by atoms with Crippen LogP contribution in [0, 0.1) is 0 Å². The molecule has 25 nitrogen and oxygen atoms in total. The maximum atomic E-state index is 13.0. The van der Waals surface area contributed by atoms with Gasteiger partial charge in [-0.15, -0.1) is 4.73 Å². The van der Waals surface area contributed by atoms with Crippen molar-refractivity contribution in [3.8, 4) is 11.8 Å². The quantitative estimate of drug-likeness (QED) is 0.0164. The number of fused-ring (bicyclic) bond motifs is 6. The Kier molecular flexibility index (Phi) is 18.2. The van der Waals surface area contributed by atoms with E-state index in [9.17, 15) is 79.9 Å². The molecule has 1 aromatic heterocycles. The van der Waals surface area contributed by atoms with Crippen LogP contribution in [0.15, 0.2) is 116 Å². The lowest BCUT2D eigenvalue weighted by Crippen LogP contribution is -2.31. The summed E-state index contributed by atoms with van der Waals surface area (Å²) in [6.07, 6.45) is 6.27. The number of hydrogen-bond acceptors (Lipinski definition) is 18. The Labute approximate surface area is 467 Å². The number of carbonyl (C=O) groups excluding carboxylic acids is 1. The molecule has 0 aliphatic carbocycles. The molecule has 1 unspecified atom stereocenters. The maximum absolute atomic E-state index is 13.0. The Morgan fingerprint density at radius 1 is 0.667 bits per heavy atom. The number of rotatable bonds is 25. The predicted octanol–water partition coefficient (Wildman–Crippen LogP) is 5.52. The van der Waals surface area contributed by atoms with E-state index in [0.29, 0.717) is 64.0 Å². The highest BCUT2D eigenvalue weighted by Gasteiger charge is 2.47. The summed E-state index contributed by atoms with van der Waals surface area (Å²) < 4.78 is 196. The molecule has 0 amide bonds. The molecule has 7 rings (SSSR count). The molecule has 1 atom stereocenters. The largest absolute Gasteiger partial charge is 0.492 e. The molecule has 5 aromatic rings. The minimum Gasteiger partial charge on any atom is -0.492 e. The van der Waals surface area contributed by atoms with E-state index in [4.69, 9.17) is 19.0 Å². The summed E-state index contributed by atoms with van der Waals surface area (Å²) in [5.41, 5.74) is 0.318. The second kappa shape index (κ2) is 23.6. The zero-order chi connectivity index (χ0) is 59.8. The van der Waals surface area contributed by atoms with Crippen molar-refractivity contribution < 1.29 is 103 Å². The molecule has 7 N–H and O–H groups in total. The standard InChI is InChI=1S/C51H59N3O22S5/c1-32(9-15-43-50(2,3)48-37-28-33(78(61,62)63)30-41(80(67,68)69)35(37)11-13-39(48)52(43)20-6-8-47(57)76-54-45(55)17-18-46(54)56)10-16-44-51(4,19-7-27-77(58,59)60)49-38-29-34(79(64,65)66)31-42(81(70,71)72)36(38)12-14-40(49)53(44)21-22-74-25-26-75-24-23-73-5/h9-18,28-31H,6-8,19-27H2,1-5H3,(H6-,55,56,58,59,60,61,62,63,64,65,66,67,68,69,70,71,72)/p+1. The lowest BCUT2D eigenvalue weighted by atomic mass is 9.75. The van der Waals surface area contributed by atoms with Crippen molar-refractivity contribution in [3.05, 3.63) is 107 Å². The van der Waals surface area contributed by atoms with Gasteiger partial charge in [-0.1, -0.05) is 23.8 Å². The number of aromatic hydroxyl groups is 2. The van der Waals surface area contributed by atoms with E-state index in [1.165, 1.54) is 25.3 Å². The third-order valence-electron chi connectivity index (χ3n) is 13.9. The molecule has 3 heterocycles. The van der Waals surface area contributed by atoms with Gasteiger partial charge in [0.2, 0.25) is 17.4 Å². The van der Waals surface area contributed by atoms with Crippen molar-refractivity contribution in [1.29, 1.82) is 0 Å². The Balaban J connectivity index is 1.38. The number of carbonyl (C=O) groups is 1. The van der Waals surface area contributed by atoms with Crippen LogP contribution < -0.4 is 9.74 Å². The Bertz CT molecular complexity index is 4030. The van der Waals surface area contributed by atoms with E-state index < -0.39 is 104 Å². The van der Waals surface area contributed by atoms with Crippen molar-refractivity contribution in [2.24, 2.45) is 0 Å². The molecule has 4 aromatic carbocycles. The molecule has 0 saturated heterocycles. The third-order valence-corrected chi connectivity index (χ3v) is 18.2. The van der Waals surface area contributed by atoms with E-state index in [-0.39, 0.29) is 85.7 Å². The van der Waals surface area contributed by atoms with Gasteiger partial charge in [0.05, 0.1) is 60.4 Å². The lowest BCUT2D eigenvalue weighted by molar-refractivity contribution is -0.438. The van der Waals surface area contributed by atoms with Gasteiger partial charge in [0.25, 0.3) is 50.6 Å². The minimum absolute atomic E-state index is 0.0281. The molecular weight excluding hydrogens is 1170 g/mol. The first-order chi connectivity index (χ1) is 37.6. The predicted molar refractivity (Wildman–Crippen MR) is 293 cm³/mol. The molecule has 2 aliphatic heterocycles. The summed E-state index contributed by atoms with van der Waals surface area (Å²) in [7, 11) is -23.5. The van der Waals surface area contributed by atoms with Gasteiger partial charge in [0.1, 0.15) is 16.3 Å². The maximum Gasteiger partial charge on any atom is 0.333 e. The molecule has 2 aliphatic rings. The van der Waals surface area contributed by atoms with Crippen molar-refractivity contribution in [1.82, 2.24) is 4.73 Å². The number of nitrogens with zero attached hydrogens (tertiary/aromatic N) is 3. The summed E-state index contributed by atoms with van der Waals surface area (Å²) in [5.74, 6) is -2.68. The summed E-state index contributed by atoms with van der Waals surface area (Å²) >= 11 is 0. The molecule has 0 saturated carbocycles. The number of allylic oxidation sites excluding steroid dienone is 6. The SMILES string of the molecule is COCCOCCOCCN1C(=CC=C(C)C=CC2=[N+](CCCC(=O)On3c(O)ccc3O)c3ccc4c(S(=O)(=O)O)cc(S(=O)(=O)O)cc4c3C2(C)C)C(C)(CCCS(=O)(=O)O)c2c1ccc1c(S(=O)(=O)O)cc(S(=O)(=O)O)cc21. The second-order valence-electron chi connectivity index (χ2n) is 19.8. The number of methoxy groups -OCH3 is 1. The van der Waals surface area contributed by atoms with Crippen LogP contribution in [0.25, 0.3) is 21.5 Å². The zero-order valence-corrected chi connectivity index (χ0v) is 48.3. The highest BCUT2D eigenvalue weighted by atomic mass is 32.2. The number of ether oxygens (including phenoxy) is 3. The molecular formula is C51H60N3O22S5+. The molecule has 0 radical (unpaired) electrons. The molecule has 0 bridgehead atoms. The third kappa shape index (κ3) is 13.7. The van der Waals surface area contributed by atoms with Crippen LogP contribution in [0.5, 0.6) is 11.8 Å². The average Bonchev–Trinajstić information content (AvgIpc) is 2.58. The first-order valence-electron chi connectivity index (χ1n) is 24.6. The van der Waals surface area contributed by atoms with Crippen LogP contribution >= 0.6 is 0 Å². The number of aromatic nitrogens is 1. The van der Waals surface area contributed by atoms with Crippen LogP contribution in [0.2, 0.25) is 0 Å². The van der Waals surface area contributed by atoms with Gasteiger partial charge in [-0.2, -0.15) is 46.7 Å². The smallest absolute Gasteiger partial charge is 0.333 e. The lowest BCUT2D eigenvalue weighted by Gasteiger charge is -2.31. The van der Waals surface area contributed by atoms with Gasteiger partial charge < -0.3 is 34.2 Å². The van der Waals surface area contributed by atoms with Gasteiger partial charge in [0, 0.05) is 77.5 Å². The van der Waals surface area contributed by atoms with Crippen LogP contribution in [0.4, 0.5) is 11.4 Å². The number of hydrogen-bond donors (Lipinski definition) is 7. The molecule has 30 heteroatoms. The molecule has 0 fully saturated rings. The van der Waals surface area contributed by atoms with Gasteiger partial charge in [0.15, 0.2) is 5.71 Å². The Morgan fingerprint density at radius 3 is 1.75 bits per heavy atom. The van der Waals surface area contributed by atoms with Crippen LogP contribution in [-0.2, 0) is 80.4 Å². The highest BCUT2D eigenvalue weighted by Crippen LogP contribution is 2.54. The fourth-order valence-electron chi connectivity index (χ4n) is 10.3. The highest BCUT2D eigenvalue weighted by molar-refractivity contribution is 7.87. The van der Waals surface area contributed by atoms with E-state index in [1.54, 1.807) is 67.5 Å². The fraction of sp³-hybridized carbons (Fsp3) is 0.373. The van der Waals surface area contributed by atoms with E-state index >= 15 is 0 Å². The molecule has 81 heavy (non-hydrogen) atoms. The van der Waals surface area contributed by atoms with Crippen LogP contribution in [0.3, 0.4) is 0 Å². The number of anilines is 1. The van der Waals surface area contributed by atoms with E-state index in [0.717, 1.165) is 24.3 Å². The van der Waals surface area contributed by atoms with Crippen molar-refractivity contribution in [2.45, 2.75) is 83.8 Å². The number of benzene rings is 4. The summed E-state index contributed by atoms with van der Waals surface area (Å²) in [6, 6.07) is 11.3. The summed E-state index contributed by atoms with van der Waals surface area (Å²) in [6.45, 7) is 8.05. The van der Waals surface area contributed by atoms with E-state index in [1.807, 2.05) is 0 Å².